The Morgan fingerprint density at radius 3 is 2.50 bits per heavy atom. The third-order valence-corrected chi connectivity index (χ3v) is 8.67. The molecule has 1 N–H and O–H groups in total. The van der Waals surface area contributed by atoms with Crippen LogP contribution in [0, 0.1) is 0 Å². The first-order chi connectivity index (χ1) is 14.4. The first-order valence-corrected chi connectivity index (χ1v) is 12.3. The first-order valence-electron chi connectivity index (χ1n) is 9.59. The van der Waals surface area contributed by atoms with Crippen LogP contribution >= 0.6 is 22.9 Å². The normalized spacial score (nSPS) is 16.8. The minimum atomic E-state index is -3.76. The fraction of sp³-hybridized carbons (Fsp3) is 0.227. The Morgan fingerprint density at radius 2 is 1.80 bits per heavy atom. The Morgan fingerprint density at radius 1 is 1.07 bits per heavy atom. The molecule has 156 valence electrons. The van der Waals surface area contributed by atoms with Gasteiger partial charge in [0.05, 0.1) is 0 Å². The van der Waals surface area contributed by atoms with E-state index in [1.807, 2.05) is 48.5 Å². The number of benzene rings is 2. The van der Waals surface area contributed by atoms with Crippen molar-refractivity contribution < 1.29 is 13.2 Å². The lowest BCUT2D eigenvalue weighted by Gasteiger charge is -2.34. The van der Waals surface area contributed by atoms with Crippen molar-refractivity contribution >= 4 is 38.9 Å². The SMILES string of the molecule is O=C(NCCc1ccc(Cl)cc1)[C@@H]1Cc2ccccc2CN1S(=O)(=O)c1cccs1. The number of nitrogens with zero attached hydrogens (tertiary/aromatic N) is 1. The zero-order valence-corrected chi connectivity index (χ0v) is 18.5. The predicted molar refractivity (Wildman–Crippen MR) is 119 cm³/mol. The summed E-state index contributed by atoms with van der Waals surface area (Å²) in [6.07, 6.45) is 0.997. The molecule has 0 spiro atoms. The number of rotatable bonds is 6. The van der Waals surface area contributed by atoms with Crippen molar-refractivity contribution in [3.8, 4) is 0 Å². The standard InChI is InChI=1S/C22H21ClN2O3S2/c23-19-9-7-16(8-10-19)11-12-24-22(26)20-14-17-4-1-2-5-18(17)15-25(20)30(27,28)21-6-3-13-29-21/h1-10,13,20H,11-12,14-15H2,(H,24,26)/t20-/m0/s1. The largest absolute Gasteiger partial charge is 0.354 e. The van der Waals surface area contributed by atoms with E-state index in [1.54, 1.807) is 17.5 Å². The van der Waals surface area contributed by atoms with Crippen LogP contribution in [0.3, 0.4) is 0 Å². The van der Waals surface area contributed by atoms with Gasteiger partial charge in [0.1, 0.15) is 10.3 Å². The van der Waals surface area contributed by atoms with Crippen molar-refractivity contribution in [2.75, 3.05) is 6.54 Å². The van der Waals surface area contributed by atoms with Crippen LogP contribution in [0.1, 0.15) is 16.7 Å². The molecule has 0 saturated carbocycles. The molecule has 1 atom stereocenters. The van der Waals surface area contributed by atoms with Gasteiger partial charge in [-0.05, 0) is 53.1 Å². The van der Waals surface area contributed by atoms with Crippen molar-refractivity contribution in [3.05, 3.63) is 87.8 Å². The predicted octanol–water partition coefficient (Wildman–Crippen LogP) is 3.88. The molecule has 3 aromatic rings. The van der Waals surface area contributed by atoms with Gasteiger partial charge in [-0.1, -0.05) is 54.1 Å². The van der Waals surface area contributed by atoms with E-state index in [4.69, 9.17) is 11.6 Å². The molecule has 1 aliphatic rings. The Kier molecular flexibility index (Phi) is 6.24. The van der Waals surface area contributed by atoms with Crippen molar-refractivity contribution in [2.45, 2.75) is 29.6 Å². The molecule has 2 aromatic carbocycles. The number of carbonyl (C=O) groups is 1. The maximum atomic E-state index is 13.2. The molecule has 0 saturated heterocycles. The number of carbonyl (C=O) groups excluding carboxylic acids is 1. The van der Waals surface area contributed by atoms with E-state index in [9.17, 15) is 13.2 Å². The monoisotopic (exact) mass is 460 g/mol. The molecule has 4 rings (SSSR count). The Bertz CT molecular complexity index is 1130. The first kappa shape index (κ1) is 21.1. The van der Waals surface area contributed by atoms with Gasteiger partial charge >= 0.3 is 0 Å². The number of fused-ring (bicyclic) bond motifs is 1. The molecular formula is C22H21ClN2O3S2. The van der Waals surface area contributed by atoms with Gasteiger partial charge in [-0.3, -0.25) is 4.79 Å². The Labute approximate surface area is 185 Å². The van der Waals surface area contributed by atoms with Gasteiger partial charge in [0.15, 0.2) is 0 Å². The number of halogens is 1. The summed E-state index contributed by atoms with van der Waals surface area (Å²) in [4.78, 5) is 13.0. The molecule has 1 aliphatic heterocycles. The summed E-state index contributed by atoms with van der Waals surface area (Å²) in [7, 11) is -3.76. The van der Waals surface area contributed by atoms with Gasteiger partial charge in [0.2, 0.25) is 5.91 Å². The maximum absolute atomic E-state index is 13.2. The number of sulfonamides is 1. The van der Waals surface area contributed by atoms with E-state index >= 15 is 0 Å². The van der Waals surface area contributed by atoms with E-state index in [2.05, 4.69) is 5.32 Å². The summed E-state index contributed by atoms with van der Waals surface area (Å²) in [5, 5.41) is 5.31. The molecule has 0 fully saturated rings. The van der Waals surface area contributed by atoms with Crippen LogP contribution in [0.2, 0.25) is 5.02 Å². The summed E-state index contributed by atoms with van der Waals surface area (Å²) in [5.74, 6) is -0.279. The molecule has 0 aliphatic carbocycles. The highest BCUT2D eigenvalue weighted by atomic mass is 35.5. The summed E-state index contributed by atoms with van der Waals surface area (Å²) < 4.78 is 28.1. The highest BCUT2D eigenvalue weighted by molar-refractivity contribution is 7.91. The lowest BCUT2D eigenvalue weighted by molar-refractivity contribution is -0.125. The zero-order chi connectivity index (χ0) is 21.1. The third-order valence-electron chi connectivity index (χ3n) is 5.19. The van der Waals surface area contributed by atoms with Gasteiger partial charge in [-0.25, -0.2) is 8.42 Å². The van der Waals surface area contributed by atoms with Crippen LogP contribution in [0.5, 0.6) is 0 Å². The molecule has 8 heteroatoms. The van der Waals surface area contributed by atoms with Gasteiger partial charge < -0.3 is 5.32 Å². The second-order valence-electron chi connectivity index (χ2n) is 7.14. The van der Waals surface area contributed by atoms with E-state index < -0.39 is 16.1 Å². The summed E-state index contributed by atoms with van der Waals surface area (Å²) in [6, 6.07) is 17.6. The van der Waals surface area contributed by atoms with Crippen molar-refractivity contribution in [1.82, 2.24) is 9.62 Å². The quantitative estimate of drug-likeness (QED) is 0.607. The smallest absolute Gasteiger partial charge is 0.253 e. The number of hydrogen-bond acceptors (Lipinski definition) is 4. The molecule has 1 amide bonds. The highest BCUT2D eigenvalue weighted by Gasteiger charge is 2.39. The number of amides is 1. The molecular weight excluding hydrogens is 440 g/mol. The Balaban J connectivity index is 1.53. The molecule has 0 bridgehead atoms. The minimum Gasteiger partial charge on any atom is -0.354 e. The average molecular weight is 461 g/mol. The number of nitrogens with one attached hydrogen (secondary N) is 1. The molecule has 2 heterocycles. The van der Waals surface area contributed by atoms with Crippen LogP contribution in [0.4, 0.5) is 0 Å². The van der Waals surface area contributed by atoms with Gasteiger partial charge in [-0.15, -0.1) is 11.3 Å². The fourth-order valence-electron chi connectivity index (χ4n) is 3.60. The van der Waals surface area contributed by atoms with Crippen molar-refractivity contribution in [2.24, 2.45) is 0 Å². The molecule has 0 radical (unpaired) electrons. The van der Waals surface area contributed by atoms with Crippen LogP contribution < -0.4 is 5.32 Å². The van der Waals surface area contributed by atoms with Gasteiger partial charge in [0, 0.05) is 18.1 Å². The lowest BCUT2D eigenvalue weighted by atomic mass is 9.95. The van der Waals surface area contributed by atoms with E-state index in [0.29, 0.717) is 24.4 Å². The van der Waals surface area contributed by atoms with E-state index in [0.717, 1.165) is 28.0 Å². The maximum Gasteiger partial charge on any atom is 0.253 e. The Hall–Kier alpha value is -2.19. The fourth-order valence-corrected chi connectivity index (χ4v) is 6.41. The molecule has 0 unspecified atom stereocenters. The number of hydrogen-bond donors (Lipinski definition) is 1. The van der Waals surface area contributed by atoms with Gasteiger partial charge in [-0.2, -0.15) is 4.31 Å². The topological polar surface area (TPSA) is 66.5 Å². The highest BCUT2D eigenvalue weighted by Crippen LogP contribution is 2.30. The van der Waals surface area contributed by atoms with Crippen molar-refractivity contribution in [1.29, 1.82) is 0 Å². The lowest BCUT2D eigenvalue weighted by Crippen LogP contribution is -2.52. The molecule has 5 nitrogen and oxygen atoms in total. The average Bonchev–Trinajstić information content (AvgIpc) is 3.30. The van der Waals surface area contributed by atoms with Crippen LogP contribution in [-0.2, 0) is 34.2 Å². The van der Waals surface area contributed by atoms with E-state index in [1.165, 1.54) is 4.31 Å². The second kappa shape index (κ2) is 8.89. The van der Waals surface area contributed by atoms with Crippen molar-refractivity contribution in [3.63, 3.8) is 0 Å². The summed E-state index contributed by atoms with van der Waals surface area (Å²) >= 11 is 7.07. The number of thiophene rings is 1. The summed E-state index contributed by atoms with van der Waals surface area (Å²) in [5.41, 5.74) is 2.99. The zero-order valence-electron chi connectivity index (χ0n) is 16.1. The molecule has 1 aromatic heterocycles. The van der Waals surface area contributed by atoms with E-state index in [-0.39, 0.29) is 16.7 Å². The second-order valence-corrected chi connectivity index (χ2v) is 10.6. The summed E-state index contributed by atoms with van der Waals surface area (Å²) in [6.45, 7) is 0.608. The van der Waals surface area contributed by atoms with Crippen LogP contribution in [0.15, 0.2) is 70.3 Å². The van der Waals surface area contributed by atoms with Crippen LogP contribution in [0.25, 0.3) is 0 Å². The van der Waals surface area contributed by atoms with Gasteiger partial charge in [0.25, 0.3) is 10.0 Å². The molecule has 30 heavy (non-hydrogen) atoms. The van der Waals surface area contributed by atoms with Crippen LogP contribution in [-0.4, -0.2) is 31.2 Å². The minimum absolute atomic E-state index is 0.186. The third kappa shape index (κ3) is 4.44.